The Balaban J connectivity index is 0.00000120. The summed E-state index contributed by atoms with van der Waals surface area (Å²) in [6, 6.07) is 15.7. The maximum absolute atomic E-state index is 12.9. The number of rotatable bonds is 1. The number of hydrogen-bond acceptors (Lipinski definition) is 1. The van der Waals surface area contributed by atoms with E-state index in [4.69, 9.17) is 0 Å². The molecule has 1 aliphatic heterocycles. The molecule has 0 amide bonds. The van der Waals surface area contributed by atoms with E-state index in [0.29, 0.717) is 0 Å². The largest absolute Gasteiger partial charge is 0.332 e. The van der Waals surface area contributed by atoms with Crippen molar-refractivity contribution in [2.24, 2.45) is 4.99 Å². The van der Waals surface area contributed by atoms with E-state index >= 15 is 0 Å². The van der Waals surface area contributed by atoms with Crippen LogP contribution >= 0.6 is 0 Å². The van der Waals surface area contributed by atoms with E-state index in [9.17, 15) is 4.39 Å². The van der Waals surface area contributed by atoms with Gasteiger partial charge in [0.25, 0.3) is 0 Å². The van der Waals surface area contributed by atoms with Crippen LogP contribution < -0.4 is 0 Å². The van der Waals surface area contributed by atoms with Gasteiger partial charge in [0.05, 0.1) is 0 Å². The van der Waals surface area contributed by atoms with Crippen molar-refractivity contribution in [3.8, 4) is 0 Å². The molecule has 1 nitrogen and oxygen atoms in total. The van der Waals surface area contributed by atoms with Crippen LogP contribution in [0.4, 0.5) is 4.39 Å². The molecular weight excluding hydrogens is 405 g/mol. The summed E-state index contributed by atoms with van der Waals surface area (Å²) in [6.45, 7) is 0.789. The Morgan fingerprint density at radius 2 is 1.94 bits per heavy atom. The molecule has 93 valence electrons. The molecule has 18 heavy (non-hydrogen) atoms. The summed E-state index contributed by atoms with van der Waals surface area (Å²) in [5, 5.41) is 0. The van der Waals surface area contributed by atoms with Gasteiger partial charge in [0.1, 0.15) is 0 Å². The van der Waals surface area contributed by atoms with Gasteiger partial charge in [-0.05, 0) is 23.3 Å². The molecule has 0 fully saturated rings. The van der Waals surface area contributed by atoms with Crippen molar-refractivity contribution < 1.29 is 24.5 Å². The van der Waals surface area contributed by atoms with Crippen molar-refractivity contribution in [3.63, 3.8) is 0 Å². The van der Waals surface area contributed by atoms with Crippen LogP contribution in [0.15, 0.2) is 47.5 Å². The third-order valence-corrected chi connectivity index (χ3v) is 2.95. The molecule has 1 radical (unpaired) electrons. The molecular formula is C15H11FIrN-. The Labute approximate surface area is 119 Å². The van der Waals surface area contributed by atoms with Crippen LogP contribution in [0.3, 0.4) is 0 Å². The molecule has 0 atom stereocenters. The van der Waals surface area contributed by atoms with Crippen LogP contribution in [0.5, 0.6) is 0 Å². The van der Waals surface area contributed by atoms with Crippen LogP contribution in [0.1, 0.15) is 16.7 Å². The summed E-state index contributed by atoms with van der Waals surface area (Å²) in [7, 11) is 0. The second kappa shape index (κ2) is 5.55. The Bertz CT molecular complexity index is 575. The van der Waals surface area contributed by atoms with Gasteiger partial charge < -0.3 is 4.99 Å². The zero-order chi connectivity index (χ0) is 11.7. The quantitative estimate of drug-likeness (QED) is 0.634. The minimum atomic E-state index is -0.265. The van der Waals surface area contributed by atoms with Gasteiger partial charge in [-0.15, -0.1) is 29.8 Å². The first-order valence-corrected chi connectivity index (χ1v) is 5.65. The summed E-state index contributed by atoms with van der Waals surface area (Å²) < 4.78 is 12.9. The van der Waals surface area contributed by atoms with Gasteiger partial charge in [0.2, 0.25) is 0 Å². The van der Waals surface area contributed by atoms with E-state index < -0.39 is 0 Å². The summed E-state index contributed by atoms with van der Waals surface area (Å²) in [5.74, 6) is -0.265. The van der Waals surface area contributed by atoms with Gasteiger partial charge in [-0.3, -0.25) is 4.39 Å². The topological polar surface area (TPSA) is 12.4 Å². The first kappa shape index (κ1) is 13.1. The number of aliphatic imine (C=N–C) groups is 1. The van der Waals surface area contributed by atoms with E-state index in [-0.39, 0.29) is 25.9 Å². The molecule has 2 aromatic carbocycles. The van der Waals surface area contributed by atoms with Crippen molar-refractivity contribution in [3.05, 3.63) is 71.0 Å². The van der Waals surface area contributed by atoms with E-state index in [0.717, 1.165) is 29.8 Å². The van der Waals surface area contributed by atoms with Crippen LogP contribution in [-0.4, -0.2) is 12.3 Å². The maximum Gasteiger partial charge on any atom is 0.0379 e. The normalized spacial score (nSPS) is 13.3. The van der Waals surface area contributed by atoms with Gasteiger partial charge >= 0.3 is 0 Å². The fourth-order valence-corrected chi connectivity index (χ4v) is 2.13. The fraction of sp³-hybridized carbons (Fsp3) is 0.133. The number of hydrogen-bond donors (Lipinski definition) is 0. The Hall–Kier alpha value is -1.31. The van der Waals surface area contributed by atoms with E-state index in [1.807, 2.05) is 12.1 Å². The average Bonchev–Trinajstić information content (AvgIpc) is 2.39. The van der Waals surface area contributed by atoms with Crippen molar-refractivity contribution >= 4 is 5.71 Å². The predicted molar refractivity (Wildman–Crippen MR) is 65.9 cm³/mol. The molecule has 0 unspecified atom stereocenters. The third-order valence-electron chi connectivity index (χ3n) is 2.95. The molecule has 3 rings (SSSR count). The molecule has 2 aromatic rings. The van der Waals surface area contributed by atoms with Gasteiger partial charge in [0.15, 0.2) is 0 Å². The second-order valence-electron chi connectivity index (χ2n) is 4.06. The van der Waals surface area contributed by atoms with Crippen LogP contribution in [0.2, 0.25) is 0 Å². The van der Waals surface area contributed by atoms with Crippen molar-refractivity contribution in [1.82, 2.24) is 0 Å². The zero-order valence-electron chi connectivity index (χ0n) is 9.61. The smallest absolute Gasteiger partial charge is 0.0379 e. The Kier molecular flexibility index (Phi) is 4.05. The average molecular weight is 416 g/mol. The molecule has 0 aromatic heterocycles. The molecule has 1 heterocycles. The third kappa shape index (κ3) is 2.43. The van der Waals surface area contributed by atoms with Gasteiger partial charge in [0, 0.05) is 32.5 Å². The van der Waals surface area contributed by atoms with Crippen molar-refractivity contribution in [2.75, 3.05) is 6.54 Å². The minimum absolute atomic E-state index is 0. The number of nitrogens with zero attached hydrogens (tertiary/aromatic N) is 1. The molecule has 0 N–H and O–H groups in total. The minimum Gasteiger partial charge on any atom is -0.332 e. The predicted octanol–water partition coefficient (Wildman–Crippen LogP) is 3.02. The van der Waals surface area contributed by atoms with E-state index in [2.05, 4.69) is 23.2 Å². The van der Waals surface area contributed by atoms with Crippen molar-refractivity contribution in [1.29, 1.82) is 0 Å². The van der Waals surface area contributed by atoms with Gasteiger partial charge in [-0.25, -0.2) is 0 Å². The van der Waals surface area contributed by atoms with E-state index in [1.165, 1.54) is 17.7 Å². The summed E-state index contributed by atoms with van der Waals surface area (Å²) in [5.41, 5.74) is 4.22. The molecule has 1 aliphatic rings. The molecule has 0 saturated heterocycles. The summed E-state index contributed by atoms with van der Waals surface area (Å²) in [4.78, 5) is 4.53. The van der Waals surface area contributed by atoms with Gasteiger partial charge in [-0.1, -0.05) is 24.3 Å². The second-order valence-corrected chi connectivity index (χ2v) is 4.06. The SMILES string of the molecule is Fc1c[c-]c(C2=NCCc3ccccc32)cc1.[Ir]. The van der Waals surface area contributed by atoms with Crippen LogP contribution in [0.25, 0.3) is 0 Å². The summed E-state index contributed by atoms with van der Waals surface area (Å²) >= 11 is 0. The molecule has 0 spiro atoms. The molecule has 0 bridgehead atoms. The molecule has 0 aliphatic carbocycles. The fourth-order valence-electron chi connectivity index (χ4n) is 2.13. The van der Waals surface area contributed by atoms with Gasteiger partial charge in [-0.2, -0.15) is 0 Å². The zero-order valence-corrected chi connectivity index (χ0v) is 12.0. The van der Waals surface area contributed by atoms with Crippen LogP contribution in [-0.2, 0) is 26.5 Å². The first-order chi connectivity index (χ1) is 8.34. The van der Waals surface area contributed by atoms with Crippen LogP contribution in [0, 0.1) is 11.9 Å². The first-order valence-electron chi connectivity index (χ1n) is 5.65. The Morgan fingerprint density at radius 3 is 2.72 bits per heavy atom. The number of halogens is 1. The summed E-state index contributed by atoms with van der Waals surface area (Å²) in [6.07, 6.45) is 0.973. The standard InChI is InChI=1S/C15H11FN.Ir/c16-13-7-5-12(6-8-13)15-14-4-2-1-3-11(14)9-10-17-15;/h1-5,7-8H,9-10H2;/q-1;. The van der Waals surface area contributed by atoms with Crippen molar-refractivity contribution in [2.45, 2.75) is 6.42 Å². The number of benzene rings is 2. The number of fused-ring (bicyclic) bond motifs is 1. The molecule has 3 heteroatoms. The molecule has 0 saturated carbocycles. The monoisotopic (exact) mass is 417 g/mol. The van der Waals surface area contributed by atoms with E-state index in [1.54, 1.807) is 6.07 Å². The maximum atomic E-state index is 12.9. The Morgan fingerprint density at radius 1 is 1.11 bits per heavy atom.